The van der Waals surface area contributed by atoms with Crippen LogP contribution in [0.5, 0.6) is 5.75 Å². The van der Waals surface area contributed by atoms with Crippen molar-refractivity contribution in [1.29, 1.82) is 0 Å². The summed E-state index contributed by atoms with van der Waals surface area (Å²) in [5.74, 6) is 0.471. The number of hydrogen-bond acceptors (Lipinski definition) is 5. The zero-order chi connectivity index (χ0) is 21.1. The Morgan fingerprint density at radius 3 is 2.60 bits per heavy atom. The van der Waals surface area contributed by atoms with Crippen LogP contribution in [0.3, 0.4) is 0 Å². The number of imide groups is 1. The fourth-order valence-corrected chi connectivity index (χ4v) is 4.35. The number of amides is 3. The van der Waals surface area contributed by atoms with E-state index in [2.05, 4.69) is 10.3 Å². The Balaban J connectivity index is 1.74. The van der Waals surface area contributed by atoms with Crippen molar-refractivity contribution in [2.45, 2.75) is 17.3 Å². The Bertz CT molecular complexity index is 1070. The Morgan fingerprint density at radius 1 is 1.17 bits per heavy atom. The van der Waals surface area contributed by atoms with Crippen molar-refractivity contribution >= 4 is 23.7 Å². The van der Waals surface area contributed by atoms with E-state index in [0.717, 1.165) is 16.9 Å². The van der Waals surface area contributed by atoms with Crippen LogP contribution in [0.2, 0.25) is 0 Å². The minimum absolute atomic E-state index is 0.231. The third-order valence-corrected chi connectivity index (χ3v) is 5.93. The lowest BCUT2D eigenvalue weighted by Crippen LogP contribution is -2.39. The van der Waals surface area contributed by atoms with Crippen molar-refractivity contribution in [3.05, 3.63) is 60.8 Å². The number of nitrogens with zero attached hydrogens (tertiary/aromatic N) is 3. The lowest BCUT2D eigenvalue weighted by Gasteiger charge is -2.19. The number of imidazole rings is 1. The van der Waals surface area contributed by atoms with Gasteiger partial charge in [-0.2, -0.15) is 0 Å². The molecule has 3 aromatic rings. The molecule has 2 aromatic carbocycles. The van der Waals surface area contributed by atoms with Crippen molar-refractivity contribution in [2.24, 2.45) is 0 Å². The summed E-state index contributed by atoms with van der Waals surface area (Å²) in [7, 11) is 1.63. The van der Waals surface area contributed by atoms with Crippen LogP contribution in [0.1, 0.15) is 6.92 Å². The van der Waals surface area contributed by atoms with Crippen molar-refractivity contribution in [1.82, 2.24) is 19.8 Å². The van der Waals surface area contributed by atoms with Crippen molar-refractivity contribution in [2.75, 3.05) is 20.2 Å². The van der Waals surface area contributed by atoms with Crippen molar-refractivity contribution in [3.8, 4) is 22.7 Å². The van der Waals surface area contributed by atoms with E-state index >= 15 is 0 Å². The molecule has 1 aromatic heterocycles. The van der Waals surface area contributed by atoms with Crippen LogP contribution < -0.4 is 10.1 Å². The predicted molar refractivity (Wildman–Crippen MR) is 116 cm³/mol. The molecular weight excluding hydrogens is 400 g/mol. The van der Waals surface area contributed by atoms with Crippen LogP contribution in [0.4, 0.5) is 4.79 Å². The van der Waals surface area contributed by atoms with Gasteiger partial charge in [-0.15, -0.1) is 0 Å². The monoisotopic (exact) mass is 422 g/mol. The topological polar surface area (TPSA) is 76.5 Å². The molecule has 0 radical (unpaired) electrons. The summed E-state index contributed by atoms with van der Waals surface area (Å²) in [6.45, 7) is 2.66. The molecule has 1 aliphatic heterocycles. The number of carbonyl (C=O) groups is 2. The highest BCUT2D eigenvalue weighted by atomic mass is 32.2. The van der Waals surface area contributed by atoms with E-state index in [4.69, 9.17) is 4.74 Å². The third-order valence-electron chi connectivity index (χ3n) is 4.88. The maximum absolute atomic E-state index is 12.8. The summed E-state index contributed by atoms with van der Waals surface area (Å²) in [6.07, 6.45) is 1.80. The SMILES string of the molecule is COc1ccccc1-n1c(-c2ccccc2)cnc1SC(C)C(=O)N1CCNC1=O. The summed E-state index contributed by atoms with van der Waals surface area (Å²) < 4.78 is 7.57. The molecule has 1 fully saturated rings. The lowest BCUT2D eigenvalue weighted by molar-refractivity contribution is -0.126. The molecule has 2 heterocycles. The molecule has 0 bridgehead atoms. The molecule has 1 N–H and O–H groups in total. The molecule has 1 aliphatic rings. The Hall–Kier alpha value is -3.26. The van der Waals surface area contributed by atoms with Gasteiger partial charge in [-0.25, -0.2) is 9.78 Å². The number of ether oxygens (including phenoxy) is 1. The number of methoxy groups -OCH3 is 1. The van der Waals surface area contributed by atoms with Gasteiger partial charge < -0.3 is 10.1 Å². The Kier molecular flexibility index (Phi) is 5.76. The summed E-state index contributed by atoms with van der Waals surface area (Å²) in [6, 6.07) is 17.3. The summed E-state index contributed by atoms with van der Waals surface area (Å²) in [4.78, 5) is 30.5. The average Bonchev–Trinajstić information content (AvgIpc) is 3.39. The first-order valence-electron chi connectivity index (χ1n) is 9.62. The van der Waals surface area contributed by atoms with Crippen LogP contribution in [-0.4, -0.2) is 51.8 Å². The standard InChI is InChI=1S/C22H22N4O3S/c1-15(20(27)25-13-12-23-21(25)28)30-22-24-14-18(16-8-4-3-5-9-16)26(22)17-10-6-7-11-19(17)29-2/h3-11,14-15H,12-13H2,1-2H3,(H,23,28). The van der Waals surface area contributed by atoms with Gasteiger partial charge in [0.1, 0.15) is 5.75 Å². The predicted octanol–water partition coefficient (Wildman–Crippen LogP) is 3.58. The zero-order valence-electron chi connectivity index (χ0n) is 16.7. The molecule has 154 valence electrons. The number of para-hydroxylation sites is 2. The fraction of sp³-hybridized carbons (Fsp3) is 0.227. The quantitative estimate of drug-likeness (QED) is 0.615. The first-order chi connectivity index (χ1) is 14.6. The molecule has 1 saturated heterocycles. The second-order valence-electron chi connectivity index (χ2n) is 6.78. The highest BCUT2D eigenvalue weighted by Gasteiger charge is 2.31. The van der Waals surface area contributed by atoms with Crippen LogP contribution in [0.25, 0.3) is 16.9 Å². The van der Waals surface area contributed by atoms with E-state index in [9.17, 15) is 9.59 Å². The number of benzene rings is 2. The number of nitrogens with one attached hydrogen (secondary N) is 1. The van der Waals surface area contributed by atoms with Gasteiger partial charge in [0.15, 0.2) is 5.16 Å². The Labute approximate surface area is 179 Å². The number of carbonyl (C=O) groups excluding carboxylic acids is 2. The first kappa shape index (κ1) is 20.0. The highest BCUT2D eigenvalue weighted by Crippen LogP contribution is 2.35. The number of thioether (sulfide) groups is 1. The van der Waals surface area contributed by atoms with E-state index in [0.29, 0.717) is 24.0 Å². The molecule has 3 amide bonds. The largest absolute Gasteiger partial charge is 0.495 e. The van der Waals surface area contributed by atoms with E-state index in [1.54, 1.807) is 20.2 Å². The number of aromatic nitrogens is 2. The average molecular weight is 423 g/mol. The number of urea groups is 1. The maximum atomic E-state index is 12.8. The van der Waals surface area contributed by atoms with Crippen molar-refractivity contribution in [3.63, 3.8) is 0 Å². The second kappa shape index (κ2) is 8.62. The third kappa shape index (κ3) is 3.78. The number of rotatable bonds is 6. The normalized spacial score (nSPS) is 14.5. The maximum Gasteiger partial charge on any atom is 0.324 e. The van der Waals surface area contributed by atoms with E-state index in [1.165, 1.54) is 16.7 Å². The van der Waals surface area contributed by atoms with Crippen molar-refractivity contribution < 1.29 is 14.3 Å². The van der Waals surface area contributed by atoms with Crippen LogP contribution in [0, 0.1) is 0 Å². The molecule has 0 saturated carbocycles. The smallest absolute Gasteiger partial charge is 0.324 e. The van der Waals surface area contributed by atoms with Crippen LogP contribution in [-0.2, 0) is 4.79 Å². The summed E-state index contributed by atoms with van der Waals surface area (Å²) in [5, 5.41) is 2.84. The van der Waals surface area contributed by atoms with Crippen LogP contribution in [0.15, 0.2) is 66.0 Å². The van der Waals surface area contributed by atoms with Gasteiger partial charge in [0, 0.05) is 18.7 Å². The van der Waals surface area contributed by atoms with Gasteiger partial charge in [0.2, 0.25) is 5.91 Å². The first-order valence-corrected chi connectivity index (χ1v) is 10.5. The van der Waals surface area contributed by atoms with Gasteiger partial charge in [-0.1, -0.05) is 54.2 Å². The highest BCUT2D eigenvalue weighted by molar-refractivity contribution is 8.00. The van der Waals surface area contributed by atoms with Crippen LogP contribution >= 0.6 is 11.8 Å². The van der Waals surface area contributed by atoms with E-state index in [-0.39, 0.29) is 11.9 Å². The molecular formula is C22H22N4O3S. The molecule has 0 aliphatic carbocycles. The zero-order valence-corrected chi connectivity index (χ0v) is 17.6. The van der Waals surface area contributed by atoms with E-state index < -0.39 is 5.25 Å². The second-order valence-corrected chi connectivity index (χ2v) is 8.09. The van der Waals surface area contributed by atoms with Gasteiger partial charge in [0.25, 0.3) is 0 Å². The molecule has 7 nitrogen and oxygen atoms in total. The number of hydrogen-bond donors (Lipinski definition) is 1. The lowest BCUT2D eigenvalue weighted by atomic mass is 10.1. The fourth-order valence-electron chi connectivity index (χ4n) is 3.39. The minimum atomic E-state index is -0.478. The van der Waals surface area contributed by atoms with Gasteiger partial charge in [-0.3, -0.25) is 14.3 Å². The minimum Gasteiger partial charge on any atom is -0.495 e. The van der Waals surface area contributed by atoms with Gasteiger partial charge >= 0.3 is 6.03 Å². The van der Waals surface area contributed by atoms with Gasteiger partial charge in [0.05, 0.1) is 29.9 Å². The Morgan fingerprint density at radius 2 is 1.90 bits per heavy atom. The summed E-state index contributed by atoms with van der Waals surface area (Å²) >= 11 is 1.32. The molecule has 4 rings (SSSR count). The molecule has 0 spiro atoms. The molecule has 1 atom stereocenters. The molecule has 8 heteroatoms. The molecule has 1 unspecified atom stereocenters. The summed E-state index contributed by atoms with van der Waals surface area (Å²) in [5.41, 5.74) is 2.72. The van der Waals surface area contributed by atoms with E-state index in [1.807, 2.05) is 59.2 Å². The molecule has 30 heavy (non-hydrogen) atoms. The van der Waals surface area contributed by atoms with Gasteiger partial charge in [-0.05, 0) is 19.1 Å².